The molecule has 1 saturated heterocycles. The maximum atomic E-state index is 11.3. The molecular weight excluding hydrogens is 330 g/mol. The fourth-order valence-electron chi connectivity index (χ4n) is 2.10. The maximum absolute atomic E-state index is 11.3. The van der Waals surface area contributed by atoms with Crippen LogP contribution < -0.4 is 10.1 Å². The Kier molecular flexibility index (Phi) is 4.86. The third-order valence-corrected chi connectivity index (χ3v) is 5.50. The Morgan fingerprint density at radius 2 is 2.26 bits per heavy atom. The zero-order valence-corrected chi connectivity index (χ0v) is 13.3. The van der Waals surface area contributed by atoms with E-state index < -0.39 is 9.84 Å². The molecule has 0 saturated carbocycles. The van der Waals surface area contributed by atoms with Gasteiger partial charge in [-0.15, -0.1) is 0 Å². The first kappa shape index (κ1) is 14.8. The molecule has 0 aromatic heterocycles. The summed E-state index contributed by atoms with van der Waals surface area (Å²) < 4.78 is 29.2. The van der Waals surface area contributed by atoms with E-state index in [0.29, 0.717) is 25.3 Å². The third-order valence-electron chi connectivity index (χ3n) is 3.11. The van der Waals surface area contributed by atoms with E-state index >= 15 is 0 Å². The van der Waals surface area contributed by atoms with Crippen molar-refractivity contribution >= 4 is 25.8 Å². The van der Waals surface area contributed by atoms with Gasteiger partial charge >= 0.3 is 0 Å². The van der Waals surface area contributed by atoms with Gasteiger partial charge in [0.05, 0.1) is 16.0 Å². The van der Waals surface area contributed by atoms with E-state index in [9.17, 15) is 8.42 Å². The summed E-state index contributed by atoms with van der Waals surface area (Å²) in [7, 11) is -2.81. The van der Waals surface area contributed by atoms with Crippen molar-refractivity contribution in [1.29, 1.82) is 0 Å². The molecule has 1 N–H and O–H groups in total. The van der Waals surface area contributed by atoms with Crippen LogP contribution in [0.2, 0.25) is 0 Å². The first-order chi connectivity index (χ1) is 8.96. The van der Waals surface area contributed by atoms with Gasteiger partial charge in [-0.05, 0) is 47.0 Å². The summed E-state index contributed by atoms with van der Waals surface area (Å²) in [6.45, 7) is 3.20. The average Bonchev–Trinajstić information content (AvgIpc) is 2.67. The number of rotatable bonds is 5. The zero-order valence-electron chi connectivity index (χ0n) is 10.9. The van der Waals surface area contributed by atoms with Crippen molar-refractivity contribution in [2.75, 3.05) is 24.7 Å². The van der Waals surface area contributed by atoms with Crippen LogP contribution in [-0.2, 0) is 9.84 Å². The molecule has 19 heavy (non-hydrogen) atoms. The summed E-state index contributed by atoms with van der Waals surface area (Å²) in [6.07, 6.45) is 0.705. The van der Waals surface area contributed by atoms with Crippen LogP contribution >= 0.6 is 15.9 Å². The van der Waals surface area contributed by atoms with Crippen LogP contribution in [0, 0.1) is 6.92 Å². The second-order valence-corrected chi connectivity index (χ2v) is 7.92. The lowest BCUT2D eigenvalue weighted by molar-refractivity contribution is 0.305. The van der Waals surface area contributed by atoms with E-state index in [1.165, 1.54) is 5.56 Å². The number of aryl methyl sites for hydroxylation is 1. The van der Waals surface area contributed by atoms with Gasteiger partial charge in [0, 0.05) is 12.6 Å². The Hall–Kier alpha value is -0.590. The minimum absolute atomic E-state index is 0.0788. The van der Waals surface area contributed by atoms with Crippen molar-refractivity contribution in [3.8, 4) is 5.75 Å². The van der Waals surface area contributed by atoms with Crippen LogP contribution in [-0.4, -0.2) is 39.1 Å². The highest BCUT2D eigenvalue weighted by molar-refractivity contribution is 9.10. The molecule has 1 unspecified atom stereocenters. The van der Waals surface area contributed by atoms with Gasteiger partial charge in [0.1, 0.15) is 12.4 Å². The van der Waals surface area contributed by atoms with E-state index in [0.717, 1.165) is 10.2 Å². The molecule has 1 atom stereocenters. The molecule has 0 bridgehead atoms. The number of ether oxygens (including phenoxy) is 1. The predicted octanol–water partition coefficient (Wildman–Crippen LogP) is 1.91. The Labute approximate surface area is 122 Å². The number of halogens is 1. The Bertz CT molecular complexity index is 545. The molecule has 0 aliphatic carbocycles. The van der Waals surface area contributed by atoms with Gasteiger partial charge in [-0.1, -0.05) is 6.07 Å². The molecule has 6 heteroatoms. The molecule has 4 nitrogen and oxygen atoms in total. The van der Waals surface area contributed by atoms with Crippen molar-refractivity contribution in [1.82, 2.24) is 5.32 Å². The Morgan fingerprint density at radius 3 is 2.89 bits per heavy atom. The lowest BCUT2D eigenvalue weighted by atomic mass is 10.2. The van der Waals surface area contributed by atoms with Crippen molar-refractivity contribution in [3.05, 3.63) is 28.2 Å². The van der Waals surface area contributed by atoms with Crippen molar-refractivity contribution < 1.29 is 13.2 Å². The summed E-state index contributed by atoms with van der Waals surface area (Å²) in [6, 6.07) is 6.01. The molecule has 2 rings (SSSR count). The van der Waals surface area contributed by atoms with E-state index in [1.807, 2.05) is 25.1 Å². The smallest absolute Gasteiger partial charge is 0.151 e. The minimum Gasteiger partial charge on any atom is -0.491 e. The topological polar surface area (TPSA) is 55.4 Å². The summed E-state index contributed by atoms with van der Waals surface area (Å²) in [5, 5.41) is 3.22. The molecule has 1 aromatic rings. The summed E-state index contributed by atoms with van der Waals surface area (Å²) in [4.78, 5) is 0. The lowest BCUT2D eigenvalue weighted by Crippen LogP contribution is -2.33. The fourth-order valence-corrected chi connectivity index (χ4v) is 4.42. The second-order valence-electron chi connectivity index (χ2n) is 4.84. The van der Waals surface area contributed by atoms with Gasteiger partial charge < -0.3 is 10.1 Å². The molecule has 0 spiro atoms. The minimum atomic E-state index is -2.81. The molecule has 0 radical (unpaired) electrons. The average molecular weight is 348 g/mol. The van der Waals surface area contributed by atoms with Gasteiger partial charge in [0.15, 0.2) is 9.84 Å². The predicted molar refractivity (Wildman–Crippen MR) is 79.4 cm³/mol. The van der Waals surface area contributed by atoms with Crippen LogP contribution in [0.5, 0.6) is 5.75 Å². The van der Waals surface area contributed by atoms with Crippen LogP contribution in [0.4, 0.5) is 0 Å². The van der Waals surface area contributed by atoms with E-state index in [-0.39, 0.29) is 11.8 Å². The highest BCUT2D eigenvalue weighted by Gasteiger charge is 2.27. The molecule has 1 heterocycles. The summed E-state index contributed by atoms with van der Waals surface area (Å²) in [5.41, 5.74) is 1.17. The van der Waals surface area contributed by atoms with Crippen molar-refractivity contribution in [2.24, 2.45) is 0 Å². The number of benzene rings is 1. The highest BCUT2D eigenvalue weighted by atomic mass is 79.9. The van der Waals surface area contributed by atoms with E-state index in [2.05, 4.69) is 21.2 Å². The monoisotopic (exact) mass is 347 g/mol. The Morgan fingerprint density at radius 1 is 1.47 bits per heavy atom. The lowest BCUT2D eigenvalue weighted by Gasteiger charge is -2.12. The second kappa shape index (κ2) is 6.24. The van der Waals surface area contributed by atoms with Crippen LogP contribution in [0.25, 0.3) is 0 Å². The number of nitrogens with one attached hydrogen (secondary N) is 1. The zero-order chi connectivity index (χ0) is 13.9. The quantitative estimate of drug-likeness (QED) is 0.826. The normalized spacial score (nSPS) is 21.5. The van der Waals surface area contributed by atoms with E-state index in [1.54, 1.807) is 0 Å². The first-order valence-corrected chi connectivity index (χ1v) is 8.90. The Balaban J connectivity index is 1.72. The molecule has 1 aromatic carbocycles. The number of sulfone groups is 1. The molecule has 1 aliphatic heterocycles. The van der Waals surface area contributed by atoms with Gasteiger partial charge in [-0.25, -0.2) is 8.42 Å². The largest absolute Gasteiger partial charge is 0.491 e. The van der Waals surface area contributed by atoms with Crippen LogP contribution in [0.15, 0.2) is 22.7 Å². The summed E-state index contributed by atoms with van der Waals surface area (Å²) >= 11 is 3.46. The van der Waals surface area contributed by atoms with Crippen molar-refractivity contribution in [2.45, 2.75) is 19.4 Å². The van der Waals surface area contributed by atoms with Crippen LogP contribution in [0.3, 0.4) is 0 Å². The van der Waals surface area contributed by atoms with E-state index in [4.69, 9.17) is 4.74 Å². The van der Waals surface area contributed by atoms with Gasteiger partial charge in [0.25, 0.3) is 0 Å². The molecule has 0 amide bonds. The van der Waals surface area contributed by atoms with Gasteiger partial charge in [-0.3, -0.25) is 0 Å². The number of hydrogen-bond donors (Lipinski definition) is 1. The number of hydrogen-bond acceptors (Lipinski definition) is 4. The molecular formula is C13H18BrNO3S. The molecule has 106 valence electrons. The molecule has 1 aliphatic rings. The molecule has 1 fully saturated rings. The fraction of sp³-hybridized carbons (Fsp3) is 0.538. The SMILES string of the molecule is Cc1ccc(OCCNC2CCS(=O)(=O)C2)c(Br)c1. The van der Waals surface area contributed by atoms with Crippen LogP contribution in [0.1, 0.15) is 12.0 Å². The highest BCUT2D eigenvalue weighted by Crippen LogP contribution is 2.25. The first-order valence-electron chi connectivity index (χ1n) is 6.29. The summed E-state index contributed by atoms with van der Waals surface area (Å²) in [5.74, 6) is 1.36. The van der Waals surface area contributed by atoms with Crippen molar-refractivity contribution in [3.63, 3.8) is 0 Å². The third kappa shape index (κ3) is 4.47. The maximum Gasteiger partial charge on any atom is 0.151 e. The standard InChI is InChI=1S/C13H18BrNO3S/c1-10-2-3-13(12(14)8-10)18-6-5-15-11-4-7-19(16,17)9-11/h2-3,8,11,15H,4-7,9H2,1H3. The van der Waals surface area contributed by atoms with Gasteiger partial charge in [-0.2, -0.15) is 0 Å². The van der Waals surface area contributed by atoms with Gasteiger partial charge in [0.2, 0.25) is 0 Å².